The summed E-state index contributed by atoms with van der Waals surface area (Å²) in [5.74, 6) is -4.91. The van der Waals surface area contributed by atoms with Gasteiger partial charge in [-0.3, -0.25) is 67.2 Å². The number of carboxylic acids is 3. The molecule has 51 heteroatoms. The van der Waals surface area contributed by atoms with Crippen molar-refractivity contribution >= 4 is 153 Å². The van der Waals surface area contributed by atoms with E-state index in [1.807, 2.05) is 63.9 Å². The largest absolute Gasteiger partial charge is 1.00 e. The number of carbonyl (C=O) groups excluding carboxylic acids is 13. The molecule has 1 heterocycles. The van der Waals surface area contributed by atoms with Crippen LogP contribution in [0.4, 0.5) is 0 Å². The number of hydrogen-bond acceptors (Lipinski definition) is 42. The number of primary amides is 1. The number of amides is 6. The van der Waals surface area contributed by atoms with E-state index < -0.39 is 129 Å². The smallest absolute Gasteiger partial charge is 0.550 e. The molecule has 27 N–H and O–H groups in total. The van der Waals surface area contributed by atoms with Crippen LogP contribution in [0.1, 0.15) is 123 Å². The summed E-state index contributed by atoms with van der Waals surface area (Å²) < 4.78 is 35.2. The van der Waals surface area contributed by atoms with Crippen molar-refractivity contribution in [3.8, 4) is 0 Å². The van der Waals surface area contributed by atoms with Crippen LogP contribution in [0.3, 0.4) is 0 Å². The SMILES string of the molecule is CC(C)(C)NC(=O)[C@@H](N)CNC(=O)C1NCCS1.CC(C)(C)NOOC(=O)[C@H](N)CNC(=O)C(N)CO.CC(C)(C)NOOC(=O)[C@H](N)CNC(=O)C=O.CC(C)(C)SSCCN.CC(C)(C)SSCCN.NC(=O)[C@@H](N)CNC(=O)C=O.NCCS.O=C([O-])CCP(CCC(=O)[O-])CCC(=O)[O-].[Na+].[O-][I+3]([O-])([O-])[O-]. The second kappa shape index (κ2) is 72.7. The van der Waals surface area contributed by atoms with Crippen molar-refractivity contribution in [3.05, 3.63) is 0 Å². The Morgan fingerprint density at radius 2 is 0.908 bits per heavy atom. The van der Waals surface area contributed by atoms with Crippen molar-refractivity contribution in [3.63, 3.8) is 0 Å². The predicted molar refractivity (Wildman–Crippen MR) is 404 cm³/mol. The molecular formula is C58H119IN17NaO25PS6-3. The van der Waals surface area contributed by atoms with Crippen LogP contribution in [-0.4, -0.2) is 245 Å². The minimum absolute atomic E-state index is 0. The second-order valence-corrected chi connectivity index (χ2v) is 39.1. The number of aldehydes is 2. The molecule has 6 atom stereocenters. The van der Waals surface area contributed by atoms with E-state index in [1.165, 1.54) is 0 Å². The average molecular weight is 1830 g/mol. The zero-order valence-corrected chi connectivity index (χ0v) is 74.8. The molecule has 1 aliphatic heterocycles. The van der Waals surface area contributed by atoms with Crippen LogP contribution in [0, 0.1) is 0 Å². The van der Waals surface area contributed by atoms with Crippen LogP contribution in [0.15, 0.2) is 0 Å². The van der Waals surface area contributed by atoms with E-state index in [0.717, 1.165) is 42.6 Å². The van der Waals surface area contributed by atoms with E-state index in [-0.39, 0.29) is 129 Å². The molecule has 0 radical (unpaired) electrons. The fraction of sp³-hybridized carbons (Fsp3) is 0.776. The Bertz CT molecular complexity index is 2450. The summed E-state index contributed by atoms with van der Waals surface area (Å²) in [7, 11) is 6.57. The van der Waals surface area contributed by atoms with Gasteiger partial charge in [-0.05, 0) is 100 Å². The van der Waals surface area contributed by atoms with Crippen molar-refractivity contribution in [2.24, 2.45) is 51.6 Å². The van der Waals surface area contributed by atoms with E-state index in [1.54, 1.807) is 53.3 Å². The Labute approximate surface area is 693 Å². The number of hydrogen-bond donors (Lipinski definition) is 19. The minimum atomic E-state index is -5.94. The van der Waals surface area contributed by atoms with E-state index in [0.29, 0.717) is 16.0 Å². The zero-order chi connectivity index (χ0) is 86.3. The molecular weight excluding hydrogens is 1710 g/mol. The minimum Gasteiger partial charge on any atom is -0.550 e. The molecule has 42 nitrogen and oxygen atoms in total. The van der Waals surface area contributed by atoms with E-state index in [4.69, 9.17) is 70.5 Å². The number of thiol groups is 1. The van der Waals surface area contributed by atoms with Crippen molar-refractivity contribution in [2.75, 3.05) is 100 Å². The first-order chi connectivity index (χ1) is 49.2. The summed E-state index contributed by atoms with van der Waals surface area (Å²) in [4.78, 5) is 156. The average Bonchev–Trinajstić information content (AvgIpc) is 1.88. The molecule has 638 valence electrons. The van der Waals surface area contributed by atoms with Crippen LogP contribution < -0.4 is 173 Å². The van der Waals surface area contributed by atoms with Crippen LogP contribution in [0.25, 0.3) is 0 Å². The van der Waals surface area contributed by atoms with Crippen LogP contribution in [0.2, 0.25) is 0 Å². The molecule has 109 heavy (non-hydrogen) atoms. The molecule has 1 saturated heterocycles. The van der Waals surface area contributed by atoms with E-state index in [9.17, 15) is 77.6 Å². The number of thioether (sulfide) groups is 1. The van der Waals surface area contributed by atoms with E-state index in [2.05, 4.69) is 117 Å². The number of nitrogens with two attached hydrogens (primary N) is 9. The molecule has 0 aliphatic carbocycles. The van der Waals surface area contributed by atoms with Gasteiger partial charge in [0.15, 0.2) is 0 Å². The number of aliphatic hydroxyl groups is 1. The molecule has 1 fully saturated rings. The molecule has 2 unspecified atom stereocenters. The van der Waals surface area contributed by atoms with Gasteiger partial charge in [0, 0.05) is 119 Å². The molecule has 0 aromatic carbocycles. The first kappa shape index (κ1) is 124. The van der Waals surface area contributed by atoms with Crippen molar-refractivity contribution in [2.45, 2.75) is 185 Å². The molecule has 0 aromatic rings. The van der Waals surface area contributed by atoms with Crippen molar-refractivity contribution in [1.29, 1.82) is 0 Å². The maximum absolute atomic E-state index is 11.7. The number of aliphatic carboxylic acids is 3. The molecule has 0 spiro atoms. The van der Waals surface area contributed by atoms with Gasteiger partial charge in [-0.1, -0.05) is 94.7 Å². The molecule has 1 rings (SSSR count). The quantitative estimate of drug-likeness (QED) is 0.00262. The molecule has 0 saturated carbocycles. The fourth-order valence-electron chi connectivity index (χ4n) is 4.76. The zero-order valence-electron chi connectivity index (χ0n) is 64.8. The van der Waals surface area contributed by atoms with Gasteiger partial charge in [-0.15, -0.1) is 19.7 Å². The van der Waals surface area contributed by atoms with Gasteiger partial charge in [0.25, 0.3) is 11.8 Å². The number of carboxylic acid groups (broad SMARTS) is 3. The summed E-state index contributed by atoms with van der Waals surface area (Å²) in [5.41, 5.74) is 51.1. The maximum Gasteiger partial charge on any atom is 1.00 e. The van der Waals surface area contributed by atoms with Gasteiger partial charge < -0.3 is 113 Å². The number of halogens is 1. The summed E-state index contributed by atoms with van der Waals surface area (Å²) >= 11 is -0.588. The van der Waals surface area contributed by atoms with Crippen molar-refractivity contribution < 1.29 is 166 Å². The standard InChI is InChI=1S/C11H22N4O2S.C10H22N4O5.C9H17N3O5.C9H15O6P.2C6H15NS2.C5H9N3O3.C2H7NS.IO4.Na/c1-11(2,3)15-8(16)7(12)6-14-9(17)10-13-4-5-18-10;1-10(2,3)14-19-18-9(17)6(11)4-13-8(16)7(12)5-15;1-9(2,3)12-17-16-8(15)6(10)4-11-7(14)5-13;10-7(11)1-4-16(5-2-8(12)13)6-3-9(14)15;2*1-6(2,3)9-8-5-4-7;6-3(5(7)11)1-8-4(10)2-9;3-1-2-4;2-1(3,4)5;/h7,10,13H,4-6,12H2,1-3H3,(H,14,17)(H,15,16);6-7,14-15H,4-5,11-12H2,1-3H3,(H,13,16);5-6,12H,4,10H2,1-3H3,(H,11,14);1-6H2,(H,10,11)(H,12,13)(H,14,15);2*4-5,7H2,1-3H3;2-3H,1,6H2,(H2,7,11)(H,8,10);4H,1-3H2;;/q;;;;;;;;-1;+1/p-3/t7-,10?;6-,7?;6-;;;;3-;;;/m011...0.../s1. The van der Waals surface area contributed by atoms with E-state index >= 15 is 0 Å². The summed E-state index contributed by atoms with van der Waals surface area (Å²) in [6.45, 7) is 31.9. The monoisotopic (exact) mass is 1830 g/mol. The van der Waals surface area contributed by atoms with Gasteiger partial charge >= 0.3 is 41.5 Å². The van der Waals surface area contributed by atoms with Crippen LogP contribution in [0.5, 0.6) is 0 Å². The van der Waals surface area contributed by atoms with Gasteiger partial charge in [-0.25, -0.2) is 9.59 Å². The topological polar surface area (TPSA) is 771 Å². The van der Waals surface area contributed by atoms with Crippen LogP contribution in [-0.2, 0) is 82.1 Å². The third-order valence-corrected chi connectivity index (χ3v) is 20.2. The summed E-state index contributed by atoms with van der Waals surface area (Å²) in [6.07, 6.45) is 0.474. The number of rotatable bonds is 37. The molecule has 0 aromatic heterocycles. The predicted octanol–water partition coefficient (Wildman–Crippen LogP) is -17.7. The van der Waals surface area contributed by atoms with Gasteiger partial charge in [0.2, 0.25) is 36.2 Å². The Morgan fingerprint density at radius 1 is 0.569 bits per heavy atom. The Balaban J connectivity index is -0.000000152. The third kappa shape index (κ3) is 109. The Morgan fingerprint density at radius 3 is 1.17 bits per heavy atom. The second-order valence-electron chi connectivity index (χ2n) is 26.2. The summed E-state index contributed by atoms with van der Waals surface area (Å²) in [6, 6.07) is -4.93. The van der Waals surface area contributed by atoms with Gasteiger partial charge in [-0.2, -0.15) is 23.6 Å². The normalized spacial score (nSPS) is 13.6. The third-order valence-electron chi connectivity index (χ3n) is 9.48. The first-order valence-electron chi connectivity index (χ1n) is 32.2. The number of nitrogens with one attached hydrogen (secondary N) is 8. The molecule has 0 bridgehead atoms. The van der Waals surface area contributed by atoms with Crippen molar-refractivity contribution in [1.82, 2.24) is 42.9 Å². The Kier molecular flexibility index (Phi) is 82.9. The Hall–Kier alpha value is -2.95. The molecule has 6 amide bonds. The summed E-state index contributed by atoms with van der Waals surface area (Å²) in [5, 5.41) is 54.1. The van der Waals surface area contributed by atoms with Crippen LogP contribution >= 0.6 is 75.5 Å². The maximum atomic E-state index is 11.7. The molecule has 1 aliphatic rings. The first-order valence-corrected chi connectivity index (χ1v) is 43.9. The number of carbonyl (C=O) groups is 13. The number of hydroxylamine groups is 2. The fourth-order valence-corrected chi connectivity index (χ4v) is 12.1. The number of aliphatic hydroxyl groups excluding tert-OH is 1. The van der Waals surface area contributed by atoms with Gasteiger partial charge in [0.1, 0.15) is 55.7 Å². The van der Waals surface area contributed by atoms with Gasteiger partial charge in [0.05, 0.1) is 6.61 Å².